The molecule has 1 aromatic rings. The molecule has 0 saturated heterocycles. The fraction of sp³-hybridized carbons (Fsp3) is 0.429. The van der Waals surface area contributed by atoms with Crippen molar-refractivity contribution in [2.24, 2.45) is 0 Å². The summed E-state index contributed by atoms with van der Waals surface area (Å²) in [5.41, 5.74) is 2.16. The van der Waals surface area contributed by atoms with E-state index in [-0.39, 0.29) is 18.3 Å². The summed E-state index contributed by atoms with van der Waals surface area (Å²) in [6, 6.07) is 5.49. The van der Waals surface area contributed by atoms with Crippen molar-refractivity contribution in [3.05, 3.63) is 34.6 Å². The zero-order chi connectivity index (χ0) is 14.3. The molecule has 0 unspecified atom stereocenters. The molecular weight excluding hydrogens is 245 g/mol. The van der Waals surface area contributed by atoms with E-state index in [0.717, 1.165) is 5.56 Å². The van der Waals surface area contributed by atoms with E-state index in [9.17, 15) is 9.18 Å². The zero-order valence-corrected chi connectivity index (χ0v) is 11.2. The number of hydrogen-bond acceptors (Lipinski definition) is 3. The molecule has 102 valence electrons. The zero-order valence-electron chi connectivity index (χ0n) is 11.2. The molecule has 0 atom stereocenters. The average Bonchev–Trinajstić information content (AvgIpc) is 2.36. The minimum absolute atomic E-state index is 0.147. The quantitative estimate of drug-likeness (QED) is 0.766. The van der Waals surface area contributed by atoms with Crippen molar-refractivity contribution in [1.82, 2.24) is 10.6 Å². The van der Waals surface area contributed by atoms with Crippen LogP contribution in [0.25, 0.3) is 0 Å². The Labute approximate surface area is 112 Å². The summed E-state index contributed by atoms with van der Waals surface area (Å²) in [7, 11) is 0. The number of nitrogens with one attached hydrogen (secondary N) is 2. The Balaban J connectivity index is 2.37. The summed E-state index contributed by atoms with van der Waals surface area (Å²) in [6.07, 6.45) is 0.308. The highest BCUT2D eigenvalue weighted by Gasteiger charge is 2.05. The van der Waals surface area contributed by atoms with Gasteiger partial charge in [0.15, 0.2) is 0 Å². The topological polar surface area (TPSA) is 64.9 Å². The SMILES string of the molecule is Cc1cc(CNCC(=O)NCCC#N)cc(C)c1F. The second-order valence-electron chi connectivity index (χ2n) is 4.41. The van der Waals surface area contributed by atoms with Gasteiger partial charge in [0.25, 0.3) is 0 Å². The van der Waals surface area contributed by atoms with Crippen LogP contribution in [0.4, 0.5) is 4.39 Å². The number of carbonyl (C=O) groups is 1. The van der Waals surface area contributed by atoms with Crippen LogP contribution in [0.1, 0.15) is 23.1 Å². The van der Waals surface area contributed by atoms with Gasteiger partial charge in [0.1, 0.15) is 5.82 Å². The van der Waals surface area contributed by atoms with Crippen molar-refractivity contribution < 1.29 is 9.18 Å². The molecule has 0 saturated carbocycles. The Bertz CT molecular complexity index is 471. The maximum atomic E-state index is 13.4. The first-order chi connectivity index (χ1) is 9.04. The average molecular weight is 263 g/mol. The summed E-state index contributed by atoms with van der Waals surface area (Å²) < 4.78 is 13.4. The molecular formula is C14H18FN3O. The van der Waals surface area contributed by atoms with Crippen LogP contribution in [0.3, 0.4) is 0 Å². The summed E-state index contributed by atoms with van der Waals surface area (Å²) in [5.74, 6) is -0.330. The van der Waals surface area contributed by atoms with Crippen molar-refractivity contribution >= 4 is 5.91 Å². The Kier molecular flexibility index (Phi) is 5.97. The van der Waals surface area contributed by atoms with Gasteiger partial charge < -0.3 is 10.6 Å². The van der Waals surface area contributed by atoms with Gasteiger partial charge in [-0.2, -0.15) is 5.26 Å². The molecule has 1 amide bonds. The molecule has 1 aromatic carbocycles. The van der Waals surface area contributed by atoms with Crippen LogP contribution < -0.4 is 10.6 Å². The first-order valence-corrected chi connectivity index (χ1v) is 6.14. The van der Waals surface area contributed by atoms with E-state index in [1.165, 1.54) is 0 Å². The second kappa shape index (κ2) is 7.49. The largest absolute Gasteiger partial charge is 0.354 e. The number of halogens is 1. The van der Waals surface area contributed by atoms with E-state index in [2.05, 4.69) is 10.6 Å². The van der Waals surface area contributed by atoms with Gasteiger partial charge in [0, 0.05) is 13.1 Å². The first-order valence-electron chi connectivity index (χ1n) is 6.14. The molecule has 0 aliphatic heterocycles. The van der Waals surface area contributed by atoms with Crippen LogP contribution >= 0.6 is 0 Å². The smallest absolute Gasteiger partial charge is 0.234 e. The number of carbonyl (C=O) groups excluding carboxylic acids is 1. The Hall–Kier alpha value is -1.93. The van der Waals surface area contributed by atoms with Gasteiger partial charge in [0.05, 0.1) is 19.0 Å². The third-order valence-electron chi connectivity index (χ3n) is 2.67. The summed E-state index contributed by atoms with van der Waals surface area (Å²) in [4.78, 5) is 11.4. The fourth-order valence-corrected chi connectivity index (χ4v) is 1.78. The number of aryl methyl sites for hydroxylation is 2. The van der Waals surface area contributed by atoms with Gasteiger partial charge in [-0.15, -0.1) is 0 Å². The highest BCUT2D eigenvalue weighted by Crippen LogP contribution is 2.14. The van der Waals surface area contributed by atoms with Crippen LogP contribution in [0.2, 0.25) is 0 Å². The summed E-state index contributed by atoms with van der Waals surface area (Å²) in [6.45, 7) is 4.50. The van der Waals surface area contributed by atoms with Crippen LogP contribution in [0.5, 0.6) is 0 Å². The van der Waals surface area contributed by atoms with Crippen molar-refractivity contribution in [2.45, 2.75) is 26.8 Å². The lowest BCUT2D eigenvalue weighted by molar-refractivity contribution is -0.120. The van der Waals surface area contributed by atoms with E-state index in [1.54, 1.807) is 26.0 Å². The first kappa shape index (κ1) is 15.1. The van der Waals surface area contributed by atoms with Crippen LogP contribution in [0, 0.1) is 31.0 Å². The van der Waals surface area contributed by atoms with Gasteiger partial charge in [-0.05, 0) is 30.5 Å². The van der Waals surface area contributed by atoms with E-state index in [0.29, 0.717) is 30.6 Å². The maximum Gasteiger partial charge on any atom is 0.234 e. The minimum Gasteiger partial charge on any atom is -0.354 e. The molecule has 19 heavy (non-hydrogen) atoms. The maximum absolute atomic E-state index is 13.4. The lowest BCUT2D eigenvalue weighted by Crippen LogP contribution is -2.34. The predicted octanol–water partition coefficient (Wildman–Crippen LogP) is 1.56. The number of hydrogen-bond donors (Lipinski definition) is 2. The van der Waals surface area contributed by atoms with E-state index >= 15 is 0 Å². The van der Waals surface area contributed by atoms with Gasteiger partial charge in [0.2, 0.25) is 5.91 Å². The van der Waals surface area contributed by atoms with Gasteiger partial charge in [-0.3, -0.25) is 4.79 Å². The fourth-order valence-electron chi connectivity index (χ4n) is 1.78. The number of nitrogens with zero attached hydrogens (tertiary/aromatic N) is 1. The number of benzene rings is 1. The Morgan fingerprint density at radius 2 is 2.00 bits per heavy atom. The van der Waals surface area contributed by atoms with Crippen molar-refractivity contribution in [1.29, 1.82) is 5.26 Å². The van der Waals surface area contributed by atoms with E-state index < -0.39 is 0 Å². The molecule has 0 fully saturated rings. The van der Waals surface area contributed by atoms with Crippen LogP contribution in [-0.4, -0.2) is 19.0 Å². The molecule has 2 N–H and O–H groups in total. The molecule has 0 aliphatic carbocycles. The molecule has 0 aromatic heterocycles. The number of rotatable bonds is 6. The molecule has 0 radical (unpaired) electrons. The van der Waals surface area contributed by atoms with Crippen molar-refractivity contribution in [3.8, 4) is 6.07 Å². The lowest BCUT2D eigenvalue weighted by atomic mass is 10.1. The minimum atomic E-state index is -0.182. The summed E-state index contributed by atoms with van der Waals surface area (Å²) in [5, 5.41) is 13.9. The van der Waals surface area contributed by atoms with E-state index in [4.69, 9.17) is 5.26 Å². The summed E-state index contributed by atoms with van der Waals surface area (Å²) >= 11 is 0. The van der Waals surface area contributed by atoms with Gasteiger partial charge in [-0.25, -0.2) is 4.39 Å². The number of amides is 1. The number of nitriles is 1. The monoisotopic (exact) mass is 263 g/mol. The highest BCUT2D eigenvalue weighted by molar-refractivity contribution is 5.77. The van der Waals surface area contributed by atoms with Gasteiger partial charge in [-0.1, -0.05) is 12.1 Å². The Morgan fingerprint density at radius 3 is 2.58 bits per heavy atom. The predicted molar refractivity (Wildman–Crippen MR) is 70.8 cm³/mol. The van der Waals surface area contributed by atoms with Crippen LogP contribution in [0.15, 0.2) is 12.1 Å². The standard InChI is InChI=1S/C14H18FN3O/c1-10-6-12(7-11(2)14(10)15)8-17-9-13(19)18-5-3-4-16/h6-7,17H,3,5,8-9H2,1-2H3,(H,18,19). The molecule has 1 rings (SSSR count). The van der Waals surface area contributed by atoms with Crippen molar-refractivity contribution in [3.63, 3.8) is 0 Å². The van der Waals surface area contributed by atoms with E-state index in [1.807, 2.05) is 6.07 Å². The van der Waals surface area contributed by atoms with Crippen molar-refractivity contribution in [2.75, 3.05) is 13.1 Å². The molecule has 0 heterocycles. The molecule has 0 bridgehead atoms. The third-order valence-corrected chi connectivity index (χ3v) is 2.67. The molecule has 0 aliphatic rings. The molecule has 0 spiro atoms. The molecule has 4 nitrogen and oxygen atoms in total. The lowest BCUT2D eigenvalue weighted by Gasteiger charge is -2.08. The highest BCUT2D eigenvalue weighted by atomic mass is 19.1. The molecule has 5 heteroatoms. The Morgan fingerprint density at radius 1 is 1.37 bits per heavy atom. The van der Waals surface area contributed by atoms with Crippen LogP contribution in [-0.2, 0) is 11.3 Å². The second-order valence-corrected chi connectivity index (χ2v) is 4.41. The van der Waals surface area contributed by atoms with Gasteiger partial charge >= 0.3 is 0 Å². The normalized spacial score (nSPS) is 10.0. The third kappa shape index (κ3) is 5.06.